The average molecular weight is 261 g/mol. The smallest absolute Gasteiger partial charge is 0.226 e. The standard InChI is InChI=1S/C14H23N5/c1-9-6-4-5-7-12(9)19(3)14-17-10(2)8-11(18-14)13(15)16/h8-9,12H,4-7H2,1-3H3,(H3,15,16). The summed E-state index contributed by atoms with van der Waals surface area (Å²) < 4.78 is 0. The number of hydrogen-bond acceptors (Lipinski definition) is 4. The Labute approximate surface area is 114 Å². The van der Waals surface area contributed by atoms with Gasteiger partial charge >= 0.3 is 0 Å². The number of rotatable bonds is 3. The van der Waals surface area contributed by atoms with Crippen LogP contribution in [0.4, 0.5) is 5.95 Å². The van der Waals surface area contributed by atoms with Crippen LogP contribution in [0.5, 0.6) is 0 Å². The first-order valence-corrected chi connectivity index (χ1v) is 6.92. The Morgan fingerprint density at radius 1 is 1.37 bits per heavy atom. The van der Waals surface area contributed by atoms with Crippen molar-refractivity contribution < 1.29 is 0 Å². The molecule has 0 spiro atoms. The Kier molecular flexibility index (Phi) is 4.02. The van der Waals surface area contributed by atoms with Crippen molar-refractivity contribution in [3.63, 3.8) is 0 Å². The van der Waals surface area contributed by atoms with Crippen molar-refractivity contribution in [1.82, 2.24) is 9.97 Å². The van der Waals surface area contributed by atoms with Crippen molar-refractivity contribution >= 4 is 11.8 Å². The van der Waals surface area contributed by atoms with Crippen molar-refractivity contribution in [1.29, 1.82) is 5.41 Å². The predicted octanol–water partition coefficient (Wildman–Crippen LogP) is 2.08. The molecule has 5 nitrogen and oxygen atoms in total. The third-order valence-corrected chi connectivity index (χ3v) is 4.00. The summed E-state index contributed by atoms with van der Waals surface area (Å²) in [7, 11) is 2.05. The van der Waals surface area contributed by atoms with E-state index in [0.29, 0.717) is 23.6 Å². The van der Waals surface area contributed by atoms with Crippen LogP contribution in [-0.2, 0) is 0 Å². The van der Waals surface area contributed by atoms with Crippen LogP contribution in [0.15, 0.2) is 6.07 Å². The number of aromatic nitrogens is 2. The van der Waals surface area contributed by atoms with Crippen LogP contribution in [-0.4, -0.2) is 28.9 Å². The van der Waals surface area contributed by atoms with E-state index in [1.807, 2.05) is 14.0 Å². The van der Waals surface area contributed by atoms with Gasteiger partial charge in [-0.25, -0.2) is 9.97 Å². The zero-order chi connectivity index (χ0) is 14.0. The van der Waals surface area contributed by atoms with Crippen molar-refractivity contribution in [2.75, 3.05) is 11.9 Å². The number of hydrogen-bond donors (Lipinski definition) is 2. The molecule has 1 aliphatic rings. The van der Waals surface area contributed by atoms with Crippen LogP contribution in [0, 0.1) is 18.3 Å². The normalized spacial score (nSPS) is 23.1. The molecule has 2 rings (SSSR count). The lowest BCUT2D eigenvalue weighted by Gasteiger charge is -2.36. The molecular formula is C14H23N5. The molecule has 19 heavy (non-hydrogen) atoms. The molecule has 1 fully saturated rings. The van der Waals surface area contributed by atoms with Crippen LogP contribution in [0.1, 0.15) is 44.0 Å². The lowest BCUT2D eigenvalue weighted by atomic mass is 9.85. The highest BCUT2D eigenvalue weighted by Gasteiger charge is 2.26. The molecule has 0 aliphatic heterocycles. The van der Waals surface area contributed by atoms with Gasteiger partial charge in [0.05, 0.1) is 0 Å². The highest BCUT2D eigenvalue weighted by molar-refractivity contribution is 5.93. The molecule has 1 aromatic rings. The van der Waals surface area contributed by atoms with Crippen LogP contribution < -0.4 is 10.6 Å². The van der Waals surface area contributed by atoms with Gasteiger partial charge in [0.15, 0.2) is 0 Å². The molecule has 0 radical (unpaired) electrons. The summed E-state index contributed by atoms with van der Waals surface area (Å²) in [6.07, 6.45) is 5.04. The largest absolute Gasteiger partial charge is 0.382 e. The average Bonchev–Trinajstić information content (AvgIpc) is 2.37. The summed E-state index contributed by atoms with van der Waals surface area (Å²) in [6, 6.07) is 2.24. The Bertz CT molecular complexity index is 471. The highest BCUT2D eigenvalue weighted by atomic mass is 15.3. The van der Waals surface area contributed by atoms with Crippen molar-refractivity contribution in [2.45, 2.75) is 45.6 Å². The second kappa shape index (κ2) is 5.55. The fourth-order valence-electron chi connectivity index (χ4n) is 2.87. The van der Waals surface area contributed by atoms with Gasteiger partial charge in [0.25, 0.3) is 0 Å². The van der Waals surface area contributed by atoms with Gasteiger partial charge in [0.1, 0.15) is 11.5 Å². The molecule has 1 heterocycles. The number of anilines is 1. The third kappa shape index (κ3) is 3.03. The summed E-state index contributed by atoms with van der Waals surface area (Å²) in [5.41, 5.74) is 6.90. The minimum atomic E-state index is -0.00292. The lowest BCUT2D eigenvalue weighted by Crippen LogP contribution is -2.40. The summed E-state index contributed by atoms with van der Waals surface area (Å²) in [5.74, 6) is 1.34. The van der Waals surface area contributed by atoms with E-state index in [-0.39, 0.29) is 5.84 Å². The molecule has 0 aromatic carbocycles. The molecule has 3 N–H and O–H groups in total. The summed E-state index contributed by atoms with van der Waals surface area (Å²) in [6.45, 7) is 4.21. The topological polar surface area (TPSA) is 78.9 Å². The van der Waals surface area contributed by atoms with Gasteiger partial charge in [-0.1, -0.05) is 19.8 Å². The first-order chi connectivity index (χ1) is 8.99. The van der Waals surface area contributed by atoms with Gasteiger partial charge in [-0.3, -0.25) is 5.41 Å². The summed E-state index contributed by atoms with van der Waals surface area (Å²) >= 11 is 0. The molecule has 0 saturated heterocycles. The van der Waals surface area contributed by atoms with Gasteiger partial charge in [0.2, 0.25) is 5.95 Å². The zero-order valence-corrected chi connectivity index (χ0v) is 12.0. The molecule has 2 unspecified atom stereocenters. The summed E-state index contributed by atoms with van der Waals surface area (Å²) in [5, 5.41) is 7.52. The highest BCUT2D eigenvalue weighted by Crippen LogP contribution is 2.29. The number of nitrogen functional groups attached to an aromatic ring is 1. The van der Waals surface area contributed by atoms with E-state index >= 15 is 0 Å². The zero-order valence-electron chi connectivity index (χ0n) is 12.0. The first-order valence-electron chi connectivity index (χ1n) is 6.92. The lowest BCUT2D eigenvalue weighted by molar-refractivity contribution is 0.319. The van der Waals surface area contributed by atoms with E-state index in [4.69, 9.17) is 11.1 Å². The Balaban J connectivity index is 2.27. The van der Waals surface area contributed by atoms with Gasteiger partial charge in [-0.15, -0.1) is 0 Å². The van der Waals surface area contributed by atoms with Gasteiger partial charge < -0.3 is 10.6 Å². The second-order valence-corrected chi connectivity index (χ2v) is 5.55. The van der Waals surface area contributed by atoms with Crippen molar-refractivity contribution in [3.05, 3.63) is 17.5 Å². The molecule has 104 valence electrons. The third-order valence-electron chi connectivity index (χ3n) is 4.00. The monoisotopic (exact) mass is 261 g/mol. The number of aryl methyl sites for hydroxylation is 1. The van der Waals surface area contributed by atoms with Gasteiger partial charge in [-0.05, 0) is 31.7 Å². The van der Waals surface area contributed by atoms with Crippen molar-refractivity contribution in [3.8, 4) is 0 Å². The number of amidine groups is 1. The van der Waals surface area contributed by atoms with E-state index in [1.54, 1.807) is 6.07 Å². The Hall–Kier alpha value is -1.65. The fourth-order valence-corrected chi connectivity index (χ4v) is 2.87. The van der Waals surface area contributed by atoms with Crippen LogP contribution in [0.2, 0.25) is 0 Å². The Morgan fingerprint density at radius 2 is 2.05 bits per heavy atom. The molecule has 1 saturated carbocycles. The molecular weight excluding hydrogens is 238 g/mol. The van der Waals surface area contributed by atoms with Gasteiger partial charge in [-0.2, -0.15) is 0 Å². The minimum Gasteiger partial charge on any atom is -0.382 e. The van der Waals surface area contributed by atoms with Crippen LogP contribution in [0.3, 0.4) is 0 Å². The predicted molar refractivity (Wildman–Crippen MR) is 77.6 cm³/mol. The van der Waals surface area contributed by atoms with E-state index in [1.165, 1.54) is 25.7 Å². The maximum atomic E-state index is 7.52. The Morgan fingerprint density at radius 3 is 2.68 bits per heavy atom. The SMILES string of the molecule is Cc1cc(C(=N)N)nc(N(C)C2CCCCC2C)n1. The maximum Gasteiger partial charge on any atom is 0.226 e. The number of nitrogens with one attached hydrogen (secondary N) is 1. The van der Waals surface area contributed by atoms with E-state index in [2.05, 4.69) is 21.8 Å². The fraction of sp³-hybridized carbons (Fsp3) is 0.643. The minimum absolute atomic E-state index is 0.00292. The van der Waals surface area contributed by atoms with Crippen LogP contribution >= 0.6 is 0 Å². The molecule has 5 heteroatoms. The molecule has 0 bridgehead atoms. The van der Waals surface area contributed by atoms with E-state index in [0.717, 1.165) is 5.69 Å². The van der Waals surface area contributed by atoms with E-state index < -0.39 is 0 Å². The summed E-state index contributed by atoms with van der Waals surface area (Å²) in [4.78, 5) is 11.1. The molecule has 0 amide bonds. The number of nitrogens with zero attached hydrogens (tertiary/aromatic N) is 3. The number of nitrogens with two attached hydrogens (primary N) is 1. The molecule has 2 atom stereocenters. The first kappa shape index (κ1) is 13.8. The quantitative estimate of drug-likeness (QED) is 0.645. The molecule has 1 aliphatic carbocycles. The van der Waals surface area contributed by atoms with Crippen molar-refractivity contribution in [2.24, 2.45) is 11.7 Å². The van der Waals surface area contributed by atoms with Crippen LogP contribution in [0.25, 0.3) is 0 Å². The van der Waals surface area contributed by atoms with E-state index in [9.17, 15) is 0 Å². The maximum absolute atomic E-state index is 7.52. The van der Waals surface area contributed by atoms with Gasteiger partial charge in [0, 0.05) is 18.8 Å². The molecule has 1 aromatic heterocycles. The second-order valence-electron chi connectivity index (χ2n) is 5.55.